The van der Waals surface area contributed by atoms with Gasteiger partial charge in [0.2, 0.25) is 17.7 Å². The summed E-state index contributed by atoms with van der Waals surface area (Å²) in [7, 11) is 0. The fourth-order valence-corrected chi connectivity index (χ4v) is 14.5. The molecule has 9 aliphatic rings. The molecule has 654 valence electrons. The van der Waals surface area contributed by atoms with Crippen LogP contribution in [0, 0.1) is 0 Å². The second-order valence-corrected chi connectivity index (χ2v) is 28.9. The average molecular weight is 1660 g/mol. The van der Waals surface area contributed by atoms with Gasteiger partial charge in [0, 0.05) is 27.2 Å². The van der Waals surface area contributed by atoms with Crippen LogP contribution in [0.5, 0.6) is 0 Å². The monoisotopic (exact) mass is 1660 g/mol. The zero-order chi connectivity index (χ0) is 83.6. The lowest BCUT2D eigenvalue weighted by atomic mass is 9.88. The van der Waals surface area contributed by atoms with E-state index in [2.05, 4.69) is 16.0 Å². The lowest BCUT2D eigenvalue weighted by Gasteiger charge is -2.52. The summed E-state index contributed by atoms with van der Waals surface area (Å²) in [5.41, 5.74) is 0. The van der Waals surface area contributed by atoms with Gasteiger partial charge in [-0.05, 0) is 13.8 Å². The standard InChI is InChI=1S/C63H105N3O47/c1-14-30(77)37(84)43(90)57(99-14)110-51-29(66-18(5)74)56(104-24(11-71)49(51)109-61-53(40(87)33(80)21(8-68)102-61)112-58-44(91)38(85)31(78)15(2)100-58)111-52-35(82)25(105-60(46(52)93)108-48-22(9-69)101-54(94)42(89)41(48)88)12-97-55-28(65-17(4)73)36(83)47(23(10-70)103-55)107-59-45(92)39(86)34(81)26(106-59)13-98-63(62(95)96)6-19(75)27(64-16(3)72)50(113-63)32(79)20(76)7-67/h14-15,19-61,67-71,75-94H,6-13H2,1-5H3,(H,64,72)(H,65,73)(H,66,74)(H,95,96). The number of hydrogen-bond donors (Lipinski definition) is 29. The fourth-order valence-electron chi connectivity index (χ4n) is 14.5. The number of aliphatic hydroxyl groups excluding tert-OH is 25. The number of aliphatic carboxylic acids is 1. The smallest absolute Gasteiger partial charge is 0.364 e. The van der Waals surface area contributed by atoms with Gasteiger partial charge >= 0.3 is 5.97 Å². The third-order valence-electron chi connectivity index (χ3n) is 20.8. The molecule has 46 unspecified atom stereocenters. The summed E-state index contributed by atoms with van der Waals surface area (Å²) in [5, 5.41) is 294. The first-order valence-electron chi connectivity index (χ1n) is 36.0. The molecule has 9 saturated heterocycles. The summed E-state index contributed by atoms with van der Waals surface area (Å²) < 4.78 is 101. The second-order valence-electron chi connectivity index (χ2n) is 28.9. The molecule has 0 aliphatic carbocycles. The number of hydrogen-bond acceptors (Lipinski definition) is 46. The van der Waals surface area contributed by atoms with Crippen molar-refractivity contribution in [2.24, 2.45) is 0 Å². The van der Waals surface area contributed by atoms with Crippen molar-refractivity contribution in [2.45, 2.75) is 323 Å². The van der Waals surface area contributed by atoms with E-state index in [1.165, 1.54) is 13.8 Å². The quantitative estimate of drug-likeness (QED) is 0.0331. The van der Waals surface area contributed by atoms with Gasteiger partial charge in [-0.15, -0.1) is 0 Å². The molecule has 9 fully saturated rings. The van der Waals surface area contributed by atoms with E-state index in [4.69, 9.17) is 80.5 Å². The summed E-state index contributed by atoms with van der Waals surface area (Å²) in [6, 6.07) is -5.67. The molecule has 0 saturated carbocycles. The number of ether oxygens (including phenoxy) is 17. The van der Waals surface area contributed by atoms with Crippen molar-refractivity contribution in [3.05, 3.63) is 0 Å². The molecule has 50 nitrogen and oxygen atoms in total. The van der Waals surface area contributed by atoms with E-state index >= 15 is 0 Å². The van der Waals surface area contributed by atoms with Gasteiger partial charge in [0.1, 0.15) is 201 Å². The van der Waals surface area contributed by atoms with E-state index in [1.807, 2.05) is 0 Å². The third-order valence-corrected chi connectivity index (χ3v) is 20.8. The van der Waals surface area contributed by atoms with Gasteiger partial charge in [-0.3, -0.25) is 14.4 Å². The van der Waals surface area contributed by atoms with E-state index < -0.39 is 358 Å². The van der Waals surface area contributed by atoms with Crippen molar-refractivity contribution in [3.8, 4) is 0 Å². The van der Waals surface area contributed by atoms with E-state index in [-0.39, 0.29) is 0 Å². The number of aliphatic hydroxyl groups is 25. The Balaban J connectivity index is 1.01. The van der Waals surface area contributed by atoms with Gasteiger partial charge in [0.15, 0.2) is 50.3 Å². The Kier molecular flexibility index (Phi) is 32.6. The minimum absolute atomic E-state index is 0.828. The van der Waals surface area contributed by atoms with Crippen LogP contribution in [0.2, 0.25) is 0 Å². The summed E-state index contributed by atoms with van der Waals surface area (Å²) in [4.78, 5) is 51.7. The van der Waals surface area contributed by atoms with Crippen LogP contribution >= 0.6 is 0 Å². The van der Waals surface area contributed by atoms with Gasteiger partial charge in [-0.1, -0.05) is 0 Å². The van der Waals surface area contributed by atoms with Crippen LogP contribution in [0.3, 0.4) is 0 Å². The maximum atomic E-state index is 13.6. The number of carbonyl (C=O) groups excluding carboxylic acids is 3. The summed E-state index contributed by atoms with van der Waals surface area (Å²) >= 11 is 0. The zero-order valence-electron chi connectivity index (χ0n) is 60.8. The number of carboxylic acids is 1. The minimum atomic E-state index is -3.06. The lowest BCUT2D eigenvalue weighted by molar-refractivity contribution is -0.401. The molecule has 0 aromatic rings. The Morgan fingerprint density at radius 3 is 1.32 bits per heavy atom. The maximum absolute atomic E-state index is 13.6. The molecule has 0 aromatic carbocycles. The molecular weight excluding hydrogens is 1550 g/mol. The van der Waals surface area contributed by atoms with Crippen LogP contribution in [-0.2, 0) is 99.7 Å². The van der Waals surface area contributed by atoms with Crippen LogP contribution in [0.1, 0.15) is 41.0 Å². The van der Waals surface area contributed by atoms with Gasteiger partial charge in [-0.25, -0.2) is 4.79 Å². The van der Waals surface area contributed by atoms with Gasteiger partial charge in [0.05, 0.1) is 70.6 Å². The lowest BCUT2D eigenvalue weighted by Crippen LogP contribution is -2.71. The predicted octanol–water partition coefficient (Wildman–Crippen LogP) is -18.9. The largest absolute Gasteiger partial charge is 0.477 e. The molecule has 113 heavy (non-hydrogen) atoms. The molecule has 3 amide bonds. The SMILES string of the molecule is CC(=O)NC1C(OCC2OC(OC3C(CO)OC(O)C(O)C3O)C(O)C(OC3OC(CO)C(OC4OC(CO)C(O)C(O)C4OC4OC(C)C(O)C(O)C4O)C(OC4OC(C)C(O)C(O)C4O)C3NC(C)=O)C2O)OC(CO)C(OC2OC(COC3(C(=O)O)CC(O)C(NC(C)=O)C(C(O)C(O)CO)O3)C(O)C(O)C2O)C1O. The predicted molar refractivity (Wildman–Crippen MR) is 346 cm³/mol. The number of amides is 3. The van der Waals surface area contributed by atoms with Crippen LogP contribution in [0.15, 0.2) is 0 Å². The Morgan fingerprint density at radius 1 is 0.381 bits per heavy atom. The van der Waals surface area contributed by atoms with Crippen molar-refractivity contribution in [3.63, 3.8) is 0 Å². The first-order chi connectivity index (χ1) is 53.2. The van der Waals surface area contributed by atoms with Crippen LogP contribution in [0.4, 0.5) is 0 Å². The molecule has 0 bridgehead atoms. The van der Waals surface area contributed by atoms with Gasteiger partial charge in [-0.2, -0.15) is 0 Å². The van der Waals surface area contributed by atoms with Crippen LogP contribution < -0.4 is 16.0 Å². The second kappa shape index (κ2) is 39.6. The van der Waals surface area contributed by atoms with E-state index in [0.29, 0.717) is 0 Å². The Hall–Kier alpha value is -3.80. The average Bonchev–Trinajstić information content (AvgIpc) is 0.749. The number of rotatable bonds is 29. The van der Waals surface area contributed by atoms with Crippen LogP contribution in [0.25, 0.3) is 0 Å². The molecule has 9 heterocycles. The topological polar surface area (TPSA) is 787 Å². The minimum Gasteiger partial charge on any atom is -0.477 e. The third kappa shape index (κ3) is 20.3. The van der Waals surface area contributed by atoms with E-state index in [9.17, 15) is 152 Å². The fraction of sp³-hybridized carbons (Fsp3) is 0.937. The van der Waals surface area contributed by atoms with Crippen LogP contribution in [-0.4, -0.2) is 484 Å². The highest BCUT2D eigenvalue weighted by Crippen LogP contribution is 2.41. The molecular formula is C63H105N3O47. The molecule has 50 heteroatoms. The van der Waals surface area contributed by atoms with Crippen molar-refractivity contribution < 1.29 is 232 Å². The highest BCUT2D eigenvalue weighted by Gasteiger charge is 2.62. The Labute approximate surface area is 639 Å². The normalized spacial score (nSPS) is 49.2. The van der Waals surface area contributed by atoms with Crippen molar-refractivity contribution in [1.29, 1.82) is 0 Å². The Morgan fingerprint density at radius 2 is 0.788 bits per heavy atom. The molecule has 46 atom stereocenters. The van der Waals surface area contributed by atoms with Crippen molar-refractivity contribution >= 4 is 23.7 Å². The molecule has 0 aromatic heterocycles. The summed E-state index contributed by atoms with van der Waals surface area (Å²) in [5.74, 6) is -7.91. The Bertz CT molecular complexity index is 3040. The summed E-state index contributed by atoms with van der Waals surface area (Å²) in [6.07, 6.45) is -88.6. The summed E-state index contributed by atoms with van der Waals surface area (Å²) in [6.45, 7) is -2.81. The zero-order valence-corrected chi connectivity index (χ0v) is 60.8. The number of nitrogens with one attached hydrogen (secondary N) is 3. The molecule has 0 radical (unpaired) electrons. The first-order valence-corrected chi connectivity index (χ1v) is 36.0. The number of carboxylic acid groups (broad SMARTS) is 1. The first kappa shape index (κ1) is 93.1. The van der Waals surface area contributed by atoms with E-state index in [1.54, 1.807) is 0 Å². The molecule has 9 aliphatic heterocycles. The highest BCUT2D eigenvalue weighted by atomic mass is 16.8. The van der Waals surface area contributed by atoms with Crippen molar-refractivity contribution in [1.82, 2.24) is 16.0 Å². The number of carbonyl (C=O) groups is 4. The van der Waals surface area contributed by atoms with Crippen molar-refractivity contribution in [2.75, 3.05) is 46.2 Å². The molecule has 9 rings (SSSR count). The maximum Gasteiger partial charge on any atom is 0.364 e. The van der Waals surface area contributed by atoms with E-state index in [0.717, 1.165) is 20.8 Å². The highest BCUT2D eigenvalue weighted by molar-refractivity contribution is 5.77. The molecule has 0 spiro atoms. The molecule has 29 N–H and O–H groups in total. The van der Waals surface area contributed by atoms with Gasteiger partial charge in [0.25, 0.3) is 5.79 Å². The van der Waals surface area contributed by atoms with Gasteiger partial charge < -0.3 is 229 Å².